The minimum Gasteiger partial charge on any atom is -0.462 e. The van der Waals surface area contributed by atoms with Gasteiger partial charge >= 0.3 is 17.9 Å². The first-order valence-electron chi connectivity index (χ1n) is 26.0. The third-order valence-electron chi connectivity index (χ3n) is 11.9. The van der Waals surface area contributed by atoms with Gasteiger partial charge in [-0.15, -0.1) is 0 Å². The Morgan fingerprint density at radius 1 is 0.276 bits per heavy atom. The van der Waals surface area contributed by atoms with Crippen LogP contribution in [0.15, 0.2) is 0 Å². The van der Waals surface area contributed by atoms with E-state index in [4.69, 9.17) is 14.2 Å². The summed E-state index contributed by atoms with van der Waals surface area (Å²) >= 11 is 0. The molecule has 0 unspecified atom stereocenters. The lowest BCUT2D eigenvalue weighted by atomic mass is 10.0. The van der Waals surface area contributed by atoms with Gasteiger partial charge in [0, 0.05) is 19.3 Å². The Bertz CT molecular complexity index is 859. The van der Waals surface area contributed by atoms with Crippen LogP contribution in [0.25, 0.3) is 0 Å². The maximum atomic E-state index is 12.8. The van der Waals surface area contributed by atoms with Crippen molar-refractivity contribution in [2.75, 3.05) is 13.2 Å². The molecule has 0 saturated heterocycles. The van der Waals surface area contributed by atoms with Crippen LogP contribution in [0, 0.1) is 0 Å². The Morgan fingerprint density at radius 3 is 0.690 bits per heavy atom. The normalized spacial score (nSPS) is 11.8. The van der Waals surface area contributed by atoms with Gasteiger partial charge in [0.1, 0.15) is 13.2 Å². The van der Waals surface area contributed by atoms with Gasteiger partial charge < -0.3 is 14.2 Å². The lowest BCUT2D eigenvalue weighted by Crippen LogP contribution is -2.30. The Labute approximate surface area is 361 Å². The summed E-state index contributed by atoms with van der Waals surface area (Å²) in [5.74, 6) is -0.843. The summed E-state index contributed by atoms with van der Waals surface area (Å²) in [6.45, 7) is 6.67. The number of esters is 3. The predicted molar refractivity (Wildman–Crippen MR) is 247 cm³/mol. The topological polar surface area (TPSA) is 78.9 Å². The molecular formula is C52H100O6. The molecular weight excluding hydrogens is 721 g/mol. The van der Waals surface area contributed by atoms with E-state index in [2.05, 4.69) is 20.8 Å². The van der Waals surface area contributed by atoms with Crippen molar-refractivity contribution in [2.24, 2.45) is 0 Å². The third kappa shape index (κ3) is 45.5. The van der Waals surface area contributed by atoms with Gasteiger partial charge in [-0.2, -0.15) is 0 Å². The van der Waals surface area contributed by atoms with Crippen LogP contribution in [0.3, 0.4) is 0 Å². The van der Waals surface area contributed by atoms with E-state index in [0.29, 0.717) is 19.3 Å². The molecule has 0 radical (unpaired) electrons. The molecule has 0 bridgehead atoms. The van der Waals surface area contributed by atoms with E-state index in [-0.39, 0.29) is 31.1 Å². The van der Waals surface area contributed by atoms with Crippen LogP contribution in [0.5, 0.6) is 0 Å². The maximum absolute atomic E-state index is 12.8. The predicted octanol–water partition coefficient (Wildman–Crippen LogP) is 16.8. The highest BCUT2D eigenvalue weighted by Crippen LogP contribution is 2.17. The third-order valence-corrected chi connectivity index (χ3v) is 11.9. The van der Waals surface area contributed by atoms with E-state index in [1.165, 1.54) is 199 Å². The second-order valence-corrected chi connectivity index (χ2v) is 17.8. The molecule has 0 fully saturated rings. The highest BCUT2D eigenvalue weighted by Gasteiger charge is 2.19. The van der Waals surface area contributed by atoms with E-state index < -0.39 is 6.10 Å². The lowest BCUT2D eigenvalue weighted by Gasteiger charge is -2.18. The second-order valence-electron chi connectivity index (χ2n) is 17.8. The molecule has 0 aromatic rings. The number of hydrogen-bond donors (Lipinski definition) is 0. The molecule has 0 aliphatic heterocycles. The fourth-order valence-electron chi connectivity index (χ4n) is 7.92. The zero-order valence-electron chi connectivity index (χ0n) is 39.3. The van der Waals surface area contributed by atoms with Gasteiger partial charge in [0.15, 0.2) is 6.10 Å². The first-order valence-corrected chi connectivity index (χ1v) is 26.0. The van der Waals surface area contributed by atoms with E-state index in [1.807, 2.05) is 0 Å². The van der Waals surface area contributed by atoms with E-state index in [1.54, 1.807) is 0 Å². The average Bonchev–Trinajstić information content (AvgIpc) is 3.22. The molecule has 0 saturated carbocycles. The van der Waals surface area contributed by atoms with Gasteiger partial charge in [0.25, 0.3) is 0 Å². The summed E-state index contributed by atoms with van der Waals surface area (Å²) in [5, 5.41) is 0. The Morgan fingerprint density at radius 2 is 0.466 bits per heavy atom. The Hall–Kier alpha value is -1.59. The first kappa shape index (κ1) is 56.4. The van der Waals surface area contributed by atoms with Crippen molar-refractivity contribution in [3.8, 4) is 0 Å². The van der Waals surface area contributed by atoms with Crippen molar-refractivity contribution in [1.29, 1.82) is 0 Å². The Balaban J connectivity index is 4.25. The van der Waals surface area contributed by atoms with E-state index in [0.717, 1.165) is 57.8 Å². The van der Waals surface area contributed by atoms with Gasteiger partial charge in [-0.3, -0.25) is 14.4 Å². The second kappa shape index (κ2) is 48.1. The fraction of sp³-hybridized carbons (Fsp3) is 0.942. The van der Waals surface area contributed by atoms with Gasteiger partial charge in [-0.05, 0) is 19.3 Å². The molecule has 1 atom stereocenters. The summed E-state index contributed by atoms with van der Waals surface area (Å²) in [4.78, 5) is 37.9. The number of rotatable bonds is 48. The molecule has 0 aromatic heterocycles. The molecule has 0 N–H and O–H groups in total. The Kier molecular flexibility index (Phi) is 46.8. The molecule has 0 spiro atoms. The van der Waals surface area contributed by atoms with Crippen LogP contribution in [-0.2, 0) is 28.6 Å². The SMILES string of the molecule is CCCCCCCCCCCCCCCCCCC(=O)O[C@H](COC(=O)CCCCCCCCCCC)COC(=O)CCCCCCCCCCCCCCCCC. The minimum atomic E-state index is -0.759. The quantitative estimate of drug-likeness (QED) is 0.0346. The van der Waals surface area contributed by atoms with Crippen LogP contribution < -0.4 is 0 Å². The van der Waals surface area contributed by atoms with Gasteiger partial charge in [-0.1, -0.05) is 258 Å². The molecule has 0 amide bonds. The van der Waals surface area contributed by atoms with Gasteiger partial charge in [0.2, 0.25) is 0 Å². The monoisotopic (exact) mass is 821 g/mol. The number of ether oxygens (including phenoxy) is 3. The van der Waals surface area contributed by atoms with Crippen molar-refractivity contribution >= 4 is 17.9 Å². The van der Waals surface area contributed by atoms with Crippen molar-refractivity contribution in [3.63, 3.8) is 0 Å². The summed E-state index contributed by atoms with van der Waals surface area (Å²) in [5.41, 5.74) is 0. The lowest BCUT2D eigenvalue weighted by molar-refractivity contribution is -0.167. The largest absolute Gasteiger partial charge is 0.462 e. The van der Waals surface area contributed by atoms with E-state index in [9.17, 15) is 14.4 Å². The maximum Gasteiger partial charge on any atom is 0.306 e. The van der Waals surface area contributed by atoms with Crippen LogP contribution in [-0.4, -0.2) is 37.2 Å². The van der Waals surface area contributed by atoms with Crippen molar-refractivity contribution < 1.29 is 28.6 Å². The van der Waals surface area contributed by atoms with Gasteiger partial charge in [0.05, 0.1) is 0 Å². The average molecular weight is 821 g/mol. The van der Waals surface area contributed by atoms with Crippen LogP contribution in [0.1, 0.15) is 297 Å². The van der Waals surface area contributed by atoms with Crippen molar-refractivity contribution in [1.82, 2.24) is 0 Å². The number of carbonyl (C=O) groups excluding carboxylic acids is 3. The molecule has 6 nitrogen and oxygen atoms in total. The zero-order chi connectivity index (χ0) is 42.3. The summed E-state index contributed by atoms with van der Waals surface area (Å²) in [6, 6.07) is 0. The van der Waals surface area contributed by atoms with Crippen LogP contribution in [0.4, 0.5) is 0 Å². The zero-order valence-corrected chi connectivity index (χ0v) is 39.3. The summed E-state index contributed by atoms with van der Waals surface area (Å²) < 4.78 is 16.8. The standard InChI is InChI=1S/C52H100O6/c1-4-7-10-13-16-19-21-23-25-27-29-31-34-37-40-43-46-52(55)58-49(47-56-50(53)44-41-38-35-32-18-15-12-9-6-3)48-57-51(54)45-42-39-36-33-30-28-26-24-22-20-17-14-11-8-5-2/h49H,4-48H2,1-3H3/t49-/m1/s1. The highest BCUT2D eigenvalue weighted by molar-refractivity contribution is 5.71. The molecule has 6 heteroatoms. The molecule has 0 aliphatic carbocycles. The first-order chi connectivity index (χ1) is 28.5. The molecule has 0 aliphatic rings. The molecule has 58 heavy (non-hydrogen) atoms. The van der Waals surface area contributed by atoms with Crippen molar-refractivity contribution in [3.05, 3.63) is 0 Å². The molecule has 0 aromatic carbocycles. The number of unbranched alkanes of at least 4 members (excludes halogenated alkanes) is 37. The smallest absolute Gasteiger partial charge is 0.306 e. The van der Waals surface area contributed by atoms with Crippen molar-refractivity contribution in [2.45, 2.75) is 303 Å². The minimum absolute atomic E-state index is 0.0619. The summed E-state index contributed by atoms with van der Waals surface area (Å²) in [6.07, 6.45) is 50.9. The number of hydrogen-bond acceptors (Lipinski definition) is 6. The fourth-order valence-corrected chi connectivity index (χ4v) is 7.92. The van der Waals surface area contributed by atoms with E-state index >= 15 is 0 Å². The number of carbonyl (C=O) groups is 3. The molecule has 344 valence electrons. The van der Waals surface area contributed by atoms with Gasteiger partial charge in [-0.25, -0.2) is 0 Å². The van der Waals surface area contributed by atoms with Crippen LogP contribution >= 0.6 is 0 Å². The highest BCUT2D eigenvalue weighted by atomic mass is 16.6. The van der Waals surface area contributed by atoms with Crippen LogP contribution in [0.2, 0.25) is 0 Å². The molecule has 0 heterocycles. The summed E-state index contributed by atoms with van der Waals surface area (Å²) in [7, 11) is 0. The molecule has 0 rings (SSSR count).